The van der Waals surface area contributed by atoms with Gasteiger partial charge < -0.3 is 5.32 Å². The van der Waals surface area contributed by atoms with Crippen molar-refractivity contribution < 1.29 is 0 Å². The number of thiazole rings is 1. The lowest BCUT2D eigenvalue weighted by Gasteiger charge is -2.27. The van der Waals surface area contributed by atoms with Crippen LogP contribution in [-0.2, 0) is 6.42 Å². The molecule has 3 heteroatoms. The Hall–Kier alpha value is -0.410. The van der Waals surface area contributed by atoms with Gasteiger partial charge in [0.05, 0.1) is 10.7 Å². The van der Waals surface area contributed by atoms with Crippen LogP contribution in [0.2, 0.25) is 0 Å². The Labute approximate surface area is 102 Å². The Balaban J connectivity index is 1.76. The van der Waals surface area contributed by atoms with Crippen LogP contribution in [0.1, 0.15) is 43.8 Å². The summed E-state index contributed by atoms with van der Waals surface area (Å²) in [6.07, 6.45) is 5.14. The van der Waals surface area contributed by atoms with E-state index < -0.39 is 0 Å². The maximum atomic E-state index is 4.49. The molecule has 0 aliphatic heterocycles. The molecule has 1 aliphatic carbocycles. The first-order chi connectivity index (χ1) is 7.58. The van der Waals surface area contributed by atoms with Crippen molar-refractivity contribution in [3.05, 3.63) is 16.1 Å². The molecule has 1 aliphatic rings. The van der Waals surface area contributed by atoms with Crippen LogP contribution in [0, 0.1) is 12.3 Å². The van der Waals surface area contributed by atoms with Gasteiger partial charge in [-0.25, -0.2) is 4.98 Å². The van der Waals surface area contributed by atoms with Gasteiger partial charge in [0.15, 0.2) is 0 Å². The van der Waals surface area contributed by atoms with Crippen molar-refractivity contribution in [1.29, 1.82) is 0 Å². The minimum atomic E-state index is 0.484. The quantitative estimate of drug-likeness (QED) is 0.871. The highest BCUT2D eigenvalue weighted by Crippen LogP contribution is 2.36. The lowest BCUT2D eigenvalue weighted by Crippen LogP contribution is -2.38. The van der Waals surface area contributed by atoms with Crippen LogP contribution in [0.25, 0.3) is 0 Å². The summed E-state index contributed by atoms with van der Waals surface area (Å²) in [5.74, 6) is 0. The van der Waals surface area contributed by atoms with Gasteiger partial charge in [-0.05, 0) is 25.2 Å². The molecule has 1 heterocycles. The molecule has 0 radical (unpaired) electrons. The molecular formula is C13H22N2S. The molecule has 0 amide bonds. The third-order valence-electron chi connectivity index (χ3n) is 3.70. The second-order valence-corrected chi connectivity index (χ2v) is 6.56. The van der Waals surface area contributed by atoms with Gasteiger partial charge in [-0.3, -0.25) is 0 Å². The number of nitrogens with one attached hydrogen (secondary N) is 1. The molecule has 1 aromatic heterocycles. The Bertz CT molecular complexity index is 343. The predicted molar refractivity (Wildman–Crippen MR) is 70.0 cm³/mol. The van der Waals surface area contributed by atoms with Crippen molar-refractivity contribution in [2.24, 2.45) is 5.41 Å². The fraction of sp³-hybridized carbons (Fsp3) is 0.769. The normalized spacial score (nSPS) is 23.8. The first-order valence-corrected chi connectivity index (χ1v) is 7.10. The van der Waals surface area contributed by atoms with E-state index in [0.717, 1.165) is 13.0 Å². The highest BCUT2D eigenvalue weighted by atomic mass is 32.1. The zero-order valence-corrected chi connectivity index (χ0v) is 11.4. The van der Waals surface area contributed by atoms with Gasteiger partial charge in [0.1, 0.15) is 0 Å². The lowest BCUT2D eigenvalue weighted by atomic mass is 9.87. The topological polar surface area (TPSA) is 24.9 Å². The summed E-state index contributed by atoms with van der Waals surface area (Å²) in [6.45, 7) is 7.90. The van der Waals surface area contributed by atoms with E-state index in [1.165, 1.54) is 30.0 Å². The average molecular weight is 238 g/mol. The van der Waals surface area contributed by atoms with Crippen molar-refractivity contribution >= 4 is 11.3 Å². The van der Waals surface area contributed by atoms with Gasteiger partial charge >= 0.3 is 0 Å². The smallest absolute Gasteiger partial charge is 0.0897 e. The van der Waals surface area contributed by atoms with Gasteiger partial charge in [0, 0.05) is 24.4 Å². The number of hydrogen-bond donors (Lipinski definition) is 1. The second kappa shape index (κ2) is 4.84. The van der Waals surface area contributed by atoms with E-state index in [9.17, 15) is 0 Å². The van der Waals surface area contributed by atoms with Crippen molar-refractivity contribution in [2.75, 3.05) is 6.54 Å². The van der Waals surface area contributed by atoms with E-state index in [1.54, 1.807) is 11.3 Å². The standard InChI is InChI=1S/C13H22N2S/c1-10-15-11(9-16-10)6-8-14-12-5-4-7-13(12,2)3/h9,12,14H,4-8H2,1-3H3. The summed E-state index contributed by atoms with van der Waals surface area (Å²) in [7, 11) is 0. The van der Waals surface area contributed by atoms with Crippen LogP contribution in [0.5, 0.6) is 0 Å². The summed E-state index contributed by atoms with van der Waals surface area (Å²) >= 11 is 1.75. The van der Waals surface area contributed by atoms with Gasteiger partial charge in [0.25, 0.3) is 0 Å². The molecule has 0 bridgehead atoms. The molecule has 1 fully saturated rings. The zero-order chi connectivity index (χ0) is 11.6. The van der Waals surface area contributed by atoms with Crippen LogP contribution >= 0.6 is 11.3 Å². The maximum absolute atomic E-state index is 4.49. The zero-order valence-electron chi connectivity index (χ0n) is 10.5. The van der Waals surface area contributed by atoms with Gasteiger partial charge in [-0.2, -0.15) is 0 Å². The molecule has 1 N–H and O–H groups in total. The number of nitrogens with zero attached hydrogens (tertiary/aromatic N) is 1. The largest absolute Gasteiger partial charge is 0.313 e. The molecule has 1 saturated carbocycles. The summed E-state index contributed by atoms with van der Waals surface area (Å²) < 4.78 is 0. The molecular weight excluding hydrogens is 216 g/mol. The molecule has 0 aromatic carbocycles. The van der Waals surface area contributed by atoms with Crippen molar-refractivity contribution in [2.45, 2.75) is 52.5 Å². The Kier molecular flexibility index (Phi) is 3.65. The lowest BCUT2D eigenvalue weighted by molar-refractivity contribution is 0.285. The highest BCUT2D eigenvalue weighted by molar-refractivity contribution is 7.09. The number of aryl methyl sites for hydroxylation is 1. The van der Waals surface area contributed by atoms with Crippen molar-refractivity contribution in [3.8, 4) is 0 Å². The summed E-state index contributed by atoms with van der Waals surface area (Å²) in [5, 5.41) is 7.05. The van der Waals surface area contributed by atoms with Gasteiger partial charge in [-0.15, -0.1) is 11.3 Å². The molecule has 0 saturated heterocycles. The number of hydrogen-bond acceptors (Lipinski definition) is 3. The first-order valence-electron chi connectivity index (χ1n) is 6.22. The van der Waals surface area contributed by atoms with Crippen LogP contribution in [0.15, 0.2) is 5.38 Å². The van der Waals surface area contributed by atoms with Crippen LogP contribution in [0.4, 0.5) is 0 Å². The molecule has 2 rings (SSSR count). The van der Waals surface area contributed by atoms with Crippen LogP contribution in [-0.4, -0.2) is 17.6 Å². The first kappa shape index (κ1) is 12.1. The summed E-state index contributed by atoms with van der Waals surface area (Å²) in [6, 6.07) is 0.701. The van der Waals surface area contributed by atoms with Crippen molar-refractivity contribution in [1.82, 2.24) is 10.3 Å². The monoisotopic (exact) mass is 238 g/mol. The molecule has 2 nitrogen and oxygen atoms in total. The van der Waals surface area contributed by atoms with Crippen molar-refractivity contribution in [3.63, 3.8) is 0 Å². The van der Waals surface area contributed by atoms with Gasteiger partial charge in [0.2, 0.25) is 0 Å². The third kappa shape index (κ3) is 2.83. The molecule has 16 heavy (non-hydrogen) atoms. The third-order valence-corrected chi connectivity index (χ3v) is 4.52. The molecule has 1 atom stereocenters. The Morgan fingerprint density at radius 2 is 2.38 bits per heavy atom. The van der Waals surface area contributed by atoms with E-state index in [0.29, 0.717) is 11.5 Å². The van der Waals surface area contributed by atoms with E-state index in [1.807, 2.05) is 0 Å². The van der Waals surface area contributed by atoms with E-state index >= 15 is 0 Å². The van der Waals surface area contributed by atoms with Crippen LogP contribution in [0.3, 0.4) is 0 Å². The minimum absolute atomic E-state index is 0.484. The summed E-state index contributed by atoms with van der Waals surface area (Å²) in [5.41, 5.74) is 1.73. The Morgan fingerprint density at radius 1 is 1.56 bits per heavy atom. The number of rotatable bonds is 4. The van der Waals surface area contributed by atoms with E-state index in [-0.39, 0.29) is 0 Å². The minimum Gasteiger partial charge on any atom is -0.313 e. The van der Waals surface area contributed by atoms with E-state index in [4.69, 9.17) is 0 Å². The fourth-order valence-electron chi connectivity index (χ4n) is 2.60. The summed E-state index contributed by atoms with van der Waals surface area (Å²) in [4.78, 5) is 4.49. The fourth-order valence-corrected chi connectivity index (χ4v) is 3.25. The average Bonchev–Trinajstić information content (AvgIpc) is 2.74. The number of aromatic nitrogens is 1. The molecule has 1 aromatic rings. The van der Waals surface area contributed by atoms with Crippen LogP contribution < -0.4 is 5.32 Å². The molecule has 0 spiro atoms. The predicted octanol–water partition coefficient (Wildman–Crippen LogP) is 3.16. The highest BCUT2D eigenvalue weighted by Gasteiger charge is 2.33. The SMILES string of the molecule is Cc1nc(CCNC2CCCC2(C)C)cs1. The molecule has 90 valence electrons. The Morgan fingerprint density at radius 3 is 2.94 bits per heavy atom. The molecule has 1 unspecified atom stereocenters. The second-order valence-electron chi connectivity index (χ2n) is 5.50. The maximum Gasteiger partial charge on any atom is 0.0897 e. The van der Waals surface area contributed by atoms with Gasteiger partial charge in [-0.1, -0.05) is 20.3 Å². The van der Waals surface area contributed by atoms with E-state index in [2.05, 4.69) is 36.5 Å².